The fourth-order valence-electron chi connectivity index (χ4n) is 7.08. The van der Waals surface area contributed by atoms with Crippen molar-refractivity contribution < 1.29 is 5.11 Å². The minimum absolute atomic E-state index is 0.283. The first-order valence-electron chi connectivity index (χ1n) is 7.51. The lowest BCUT2D eigenvalue weighted by molar-refractivity contribution is -0.198. The third kappa shape index (κ3) is 1.20. The highest BCUT2D eigenvalue weighted by Gasteiger charge is 2.71. The van der Waals surface area contributed by atoms with Gasteiger partial charge in [0.15, 0.2) is 0 Å². The van der Waals surface area contributed by atoms with Crippen molar-refractivity contribution in [3.8, 4) is 0 Å². The van der Waals surface area contributed by atoms with Gasteiger partial charge in [0.2, 0.25) is 0 Å². The molecule has 4 atom stereocenters. The van der Waals surface area contributed by atoms with Gasteiger partial charge in [0.1, 0.15) is 0 Å². The molecule has 0 aromatic heterocycles. The summed E-state index contributed by atoms with van der Waals surface area (Å²) < 4.78 is 0. The predicted molar refractivity (Wildman–Crippen MR) is 68.6 cm³/mol. The Kier molecular flexibility index (Phi) is 1.67. The Morgan fingerprint density at radius 1 is 0.882 bits per heavy atom. The average Bonchev–Trinajstić information content (AvgIpc) is 2.69. The molecule has 5 aliphatic carbocycles. The first kappa shape index (κ1) is 10.8. The zero-order valence-electron chi connectivity index (χ0n) is 11.6. The van der Waals surface area contributed by atoms with E-state index < -0.39 is 0 Å². The van der Waals surface area contributed by atoms with Crippen molar-refractivity contribution in [2.24, 2.45) is 28.1 Å². The lowest BCUT2D eigenvalue weighted by atomic mass is 9.38. The Labute approximate surface area is 105 Å². The molecule has 0 radical (unpaired) electrons. The maximum Gasteiger partial charge on any atom is 0.0734 e. The maximum atomic E-state index is 11.0. The van der Waals surface area contributed by atoms with Gasteiger partial charge in [0, 0.05) is 5.41 Å². The van der Waals surface area contributed by atoms with Gasteiger partial charge in [-0.05, 0) is 67.6 Å². The highest BCUT2D eigenvalue weighted by Crippen LogP contribution is 2.76. The second-order valence-electron chi connectivity index (χ2n) is 8.94. The fraction of sp³-hybridized carbons (Fsp3) is 1.00. The average molecular weight is 234 g/mol. The maximum absolute atomic E-state index is 11.0. The van der Waals surface area contributed by atoms with Gasteiger partial charge in [-0.25, -0.2) is 0 Å². The van der Waals surface area contributed by atoms with Crippen molar-refractivity contribution in [1.29, 1.82) is 0 Å². The second kappa shape index (κ2) is 2.61. The molecule has 0 aromatic carbocycles. The molecule has 0 aromatic rings. The molecule has 4 bridgehead atoms. The Hall–Kier alpha value is -0.0400. The van der Waals surface area contributed by atoms with Gasteiger partial charge in [0.25, 0.3) is 0 Å². The van der Waals surface area contributed by atoms with Gasteiger partial charge in [0.05, 0.1) is 5.60 Å². The largest absolute Gasteiger partial charge is 0.389 e. The first-order chi connectivity index (χ1) is 7.78. The van der Waals surface area contributed by atoms with E-state index in [1.54, 1.807) is 0 Å². The van der Waals surface area contributed by atoms with Crippen LogP contribution in [0.1, 0.15) is 65.7 Å². The predicted octanol–water partition coefficient (Wildman–Crippen LogP) is 3.75. The standard InChI is InChI=1S/C16H26O/c1-11-4-16(11,17)15-7-12-5-13(2,9-15)8-14(3,6-12)10-15/h11-12,17H,4-10H2,1-3H3. The summed E-state index contributed by atoms with van der Waals surface area (Å²) in [5.41, 5.74) is 1.11. The smallest absolute Gasteiger partial charge is 0.0734 e. The highest BCUT2D eigenvalue weighted by atomic mass is 16.3. The third-order valence-electron chi connectivity index (χ3n) is 6.82. The van der Waals surface area contributed by atoms with Gasteiger partial charge in [-0.3, -0.25) is 0 Å². The molecule has 0 heterocycles. The molecule has 4 unspecified atom stereocenters. The summed E-state index contributed by atoms with van der Waals surface area (Å²) >= 11 is 0. The Morgan fingerprint density at radius 3 is 1.82 bits per heavy atom. The molecule has 5 rings (SSSR count). The third-order valence-corrected chi connectivity index (χ3v) is 6.82. The van der Waals surface area contributed by atoms with E-state index in [-0.39, 0.29) is 5.60 Å². The molecule has 0 saturated heterocycles. The lowest BCUT2D eigenvalue weighted by Gasteiger charge is -2.67. The quantitative estimate of drug-likeness (QED) is 0.732. The zero-order chi connectivity index (χ0) is 12.1. The topological polar surface area (TPSA) is 20.2 Å². The molecule has 0 amide bonds. The monoisotopic (exact) mass is 234 g/mol. The van der Waals surface area contributed by atoms with Crippen molar-refractivity contribution in [3.63, 3.8) is 0 Å². The van der Waals surface area contributed by atoms with E-state index >= 15 is 0 Å². The number of aliphatic hydroxyl groups is 1. The molecule has 5 aliphatic rings. The summed E-state index contributed by atoms with van der Waals surface area (Å²) in [4.78, 5) is 0. The minimum atomic E-state index is -0.283. The normalized spacial score (nSPS) is 68.5. The molecule has 5 saturated carbocycles. The van der Waals surface area contributed by atoms with Crippen molar-refractivity contribution in [2.45, 2.75) is 71.3 Å². The van der Waals surface area contributed by atoms with Crippen LogP contribution in [0.15, 0.2) is 0 Å². The van der Waals surface area contributed by atoms with Crippen LogP contribution in [0, 0.1) is 28.1 Å². The molecular weight excluding hydrogens is 208 g/mol. The number of rotatable bonds is 1. The molecule has 1 N–H and O–H groups in total. The van der Waals surface area contributed by atoms with Gasteiger partial charge >= 0.3 is 0 Å². The molecule has 0 aliphatic heterocycles. The van der Waals surface area contributed by atoms with E-state index in [1.165, 1.54) is 38.5 Å². The summed E-state index contributed by atoms with van der Waals surface area (Å²) in [6.07, 6.45) is 9.33. The van der Waals surface area contributed by atoms with Crippen LogP contribution in [-0.2, 0) is 0 Å². The van der Waals surface area contributed by atoms with Crippen molar-refractivity contribution in [3.05, 3.63) is 0 Å². The Balaban J connectivity index is 1.79. The van der Waals surface area contributed by atoms with E-state index in [4.69, 9.17) is 0 Å². The van der Waals surface area contributed by atoms with E-state index in [0.29, 0.717) is 22.2 Å². The van der Waals surface area contributed by atoms with Crippen LogP contribution in [-0.4, -0.2) is 10.7 Å². The first-order valence-corrected chi connectivity index (χ1v) is 7.51. The fourth-order valence-corrected chi connectivity index (χ4v) is 7.08. The molecule has 1 heteroatoms. The second-order valence-corrected chi connectivity index (χ2v) is 8.94. The van der Waals surface area contributed by atoms with Crippen molar-refractivity contribution in [1.82, 2.24) is 0 Å². The Morgan fingerprint density at radius 2 is 1.41 bits per heavy atom. The van der Waals surface area contributed by atoms with Crippen LogP contribution in [0.25, 0.3) is 0 Å². The van der Waals surface area contributed by atoms with E-state index in [1.807, 2.05) is 0 Å². The van der Waals surface area contributed by atoms with E-state index in [2.05, 4.69) is 20.8 Å². The molecule has 17 heavy (non-hydrogen) atoms. The van der Waals surface area contributed by atoms with Crippen LogP contribution < -0.4 is 0 Å². The van der Waals surface area contributed by atoms with Crippen molar-refractivity contribution >= 4 is 0 Å². The summed E-state index contributed by atoms with van der Waals surface area (Å²) in [7, 11) is 0. The highest BCUT2D eigenvalue weighted by molar-refractivity contribution is 5.22. The van der Waals surface area contributed by atoms with Gasteiger partial charge in [-0.15, -0.1) is 0 Å². The van der Waals surface area contributed by atoms with Gasteiger partial charge < -0.3 is 5.11 Å². The number of hydrogen-bond donors (Lipinski definition) is 1. The van der Waals surface area contributed by atoms with Gasteiger partial charge in [-0.1, -0.05) is 20.8 Å². The van der Waals surface area contributed by atoms with Crippen LogP contribution in [0.3, 0.4) is 0 Å². The van der Waals surface area contributed by atoms with Crippen LogP contribution in [0.5, 0.6) is 0 Å². The lowest BCUT2D eigenvalue weighted by Crippen LogP contribution is -2.60. The van der Waals surface area contributed by atoms with Gasteiger partial charge in [-0.2, -0.15) is 0 Å². The zero-order valence-corrected chi connectivity index (χ0v) is 11.6. The molecular formula is C16H26O. The molecule has 0 spiro atoms. The summed E-state index contributed by atoms with van der Waals surface area (Å²) in [6.45, 7) is 7.25. The molecule has 1 nitrogen and oxygen atoms in total. The van der Waals surface area contributed by atoms with Crippen LogP contribution >= 0.6 is 0 Å². The minimum Gasteiger partial charge on any atom is -0.389 e. The van der Waals surface area contributed by atoms with E-state index in [9.17, 15) is 5.11 Å². The number of hydrogen-bond acceptors (Lipinski definition) is 1. The van der Waals surface area contributed by atoms with Crippen molar-refractivity contribution in [2.75, 3.05) is 0 Å². The van der Waals surface area contributed by atoms with Crippen LogP contribution in [0.2, 0.25) is 0 Å². The summed E-state index contributed by atoms with van der Waals surface area (Å²) in [5.74, 6) is 1.48. The SMILES string of the molecule is CC1CC1(O)C12CC3CC(C)(CC(C)(C3)C1)C2. The van der Waals surface area contributed by atoms with E-state index in [0.717, 1.165) is 12.3 Å². The molecule has 5 fully saturated rings. The summed E-state index contributed by atoms with van der Waals surface area (Å²) in [6, 6.07) is 0. The van der Waals surface area contributed by atoms with Crippen LogP contribution in [0.4, 0.5) is 0 Å². The molecule has 96 valence electrons. The Bertz CT molecular complexity index is 369. The summed E-state index contributed by atoms with van der Waals surface area (Å²) in [5, 5.41) is 11.0.